The van der Waals surface area contributed by atoms with E-state index in [2.05, 4.69) is 5.32 Å². The molecular weight excluding hydrogens is 472 g/mol. The summed E-state index contributed by atoms with van der Waals surface area (Å²) in [5, 5.41) is 21.4. The second kappa shape index (κ2) is 10.5. The average molecular weight is 498 g/mol. The van der Waals surface area contributed by atoms with Crippen LogP contribution < -0.4 is 10.7 Å². The van der Waals surface area contributed by atoms with Crippen LogP contribution in [0.3, 0.4) is 0 Å². The molecule has 1 aromatic heterocycles. The summed E-state index contributed by atoms with van der Waals surface area (Å²) in [4.78, 5) is 40.1. The fourth-order valence-electron chi connectivity index (χ4n) is 4.05. The highest BCUT2D eigenvalue weighted by Gasteiger charge is 2.36. The molecule has 3 rings (SSSR count). The average Bonchev–Trinajstić information content (AvgIpc) is 2.78. The standard InChI is InChI=1S/C23H26ClF2N3O5/c1-12(2)8-14-10-28-11-15(20(31)21(32)19(28)23(34)29(14)6-3-7-30)22(33)27-9-13-4-5-16(25)17(24)18(13)26/h4-5,11-12,14,30,32H,3,6-10H2,1-2H3,(H,27,33)/t14-/m0/s1. The highest BCUT2D eigenvalue weighted by Crippen LogP contribution is 2.27. The van der Waals surface area contributed by atoms with E-state index in [1.807, 2.05) is 13.8 Å². The molecule has 2 amide bonds. The first kappa shape index (κ1) is 25.6. The molecule has 184 valence electrons. The minimum atomic E-state index is -1.04. The van der Waals surface area contributed by atoms with E-state index in [9.17, 15) is 33.4 Å². The van der Waals surface area contributed by atoms with Gasteiger partial charge in [0.1, 0.15) is 22.2 Å². The molecule has 1 aliphatic rings. The number of aliphatic hydroxyl groups is 1. The molecule has 34 heavy (non-hydrogen) atoms. The van der Waals surface area contributed by atoms with E-state index in [4.69, 9.17) is 11.6 Å². The van der Waals surface area contributed by atoms with Gasteiger partial charge in [-0.1, -0.05) is 31.5 Å². The maximum Gasteiger partial charge on any atom is 0.274 e. The van der Waals surface area contributed by atoms with E-state index >= 15 is 0 Å². The van der Waals surface area contributed by atoms with E-state index < -0.39 is 45.2 Å². The Morgan fingerprint density at radius 2 is 2.00 bits per heavy atom. The lowest BCUT2D eigenvalue weighted by Gasteiger charge is -2.38. The number of pyridine rings is 1. The smallest absolute Gasteiger partial charge is 0.274 e. The number of aromatic hydroxyl groups is 1. The molecule has 0 unspecified atom stereocenters. The molecule has 1 atom stereocenters. The zero-order valence-electron chi connectivity index (χ0n) is 18.8. The Balaban J connectivity index is 1.91. The van der Waals surface area contributed by atoms with Crippen LogP contribution in [-0.4, -0.2) is 50.7 Å². The second-order valence-electron chi connectivity index (χ2n) is 8.60. The number of nitrogens with one attached hydrogen (secondary N) is 1. The van der Waals surface area contributed by atoms with E-state index in [0.717, 1.165) is 12.1 Å². The summed E-state index contributed by atoms with van der Waals surface area (Å²) in [5.74, 6) is -4.05. The van der Waals surface area contributed by atoms with Crippen molar-refractivity contribution < 1.29 is 28.6 Å². The number of benzene rings is 1. The van der Waals surface area contributed by atoms with Crippen molar-refractivity contribution in [2.24, 2.45) is 5.92 Å². The highest BCUT2D eigenvalue weighted by atomic mass is 35.5. The van der Waals surface area contributed by atoms with Gasteiger partial charge in [-0.3, -0.25) is 14.4 Å². The van der Waals surface area contributed by atoms with Crippen molar-refractivity contribution in [2.45, 2.75) is 45.8 Å². The fourth-order valence-corrected chi connectivity index (χ4v) is 4.24. The van der Waals surface area contributed by atoms with Crippen LogP contribution in [-0.2, 0) is 13.1 Å². The number of fused-ring (bicyclic) bond motifs is 1. The van der Waals surface area contributed by atoms with E-state index in [1.54, 1.807) is 0 Å². The van der Waals surface area contributed by atoms with E-state index in [0.29, 0.717) is 12.8 Å². The summed E-state index contributed by atoms with van der Waals surface area (Å²) in [6.45, 7) is 3.99. The Morgan fingerprint density at radius 1 is 1.29 bits per heavy atom. The van der Waals surface area contributed by atoms with Gasteiger partial charge in [0.05, 0.1) is 6.04 Å². The van der Waals surface area contributed by atoms with Gasteiger partial charge < -0.3 is 25.0 Å². The molecule has 2 aromatic rings. The lowest BCUT2D eigenvalue weighted by atomic mass is 9.98. The lowest BCUT2D eigenvalue weighted by Crippen LogP contribution is -2.50. The number of halogens is 3. The number of rotatable bonds is 8. The van der Waals surface area contributed by atoms with Crippen LogP contribution in [0.4, 0.5) is 8.78 Å². The summed E-state index contributed by atoms with van der Waals surface area (Å²) in [7, 11) is 0. The number of amides is 2. The van der Waals surface area contributed by atoms with Gasteiger partial charge in [-0.25, -0.2) is 8.78 Å². The summed E-state index contributed by atoms with van der Waals surface area (Å²) in [6, 6.07) is 1.81. The van der Waals surface area contributed by atoms with E-state index in [1.165, 1.54) is 15.7 Å². The zero-order chi connectivity index (χ0) is 25.2. The molecular formula is C23H26ClF2N3O5. The quantitative estimate of drug-likeness (QED) is 0.485. The van der Waals surface area contributed by atoms with Crippen LogP contribution in [0.25, 0.3) is 0 Å². The Bertz CT molecular complexity index is 1170. The molecule has 2 heterocycles. The maximum atomic E-state index is 14.1. The number of nitrogens with zero attached hydrogens (tertiary/aromatic N) is 2. The molecule has 0 fully saturated rings. The Labute approximate surface area is 199 Å². The Hall–Kier alpha value is -2.98. The highest BCUT2D eigenvalue weighted by molar-refractivity contribution is 6.30. The molecule has 0 radical (unpaired) electrons. The Kier molecular flexibility index (Phi) is 7.93. The van der Waals surface area contributed by atoms with Gasteiger partial charge in [0, 0.05) is 38.0 Å². The van der Waals surface area contributed by atoms with Crippen molar-refractivity contribution >= 4 is 23.4 Å². The largest absolute Gasteiger partial charge is 0.503 e. The molecule has 0 saturated carbocycles. The van der Waals surface area contributed by atoms with Crippen LogP contribution in [0.15, 0.2) is 23.1 Å². The van der Waals surface area contributed by atoms with Crippen LogP contribution in [0, 0.1) is 17.6 Å². The first-order valence-electron chi connectivity index (χ1n) is 10.9. The molecule has 11 heteroatoms. The normalized spacial score (nSPS) is 15.6. The third-order valence-corrected chi connectivity index (χ3v) is 6.01. The molecule has 1 aromatic carbocycles. The number of aliphatic hydroxyl groups excluding tert-OH is 1. The fraction of sp³-hybridized carbons (Fsp3) is 0.435. The first-order chi connectivity index (χ1) is 16.1. The van der Waals surface area contributed by atoms with Crippen molar-refractivity contribution in [2.75, 3.05) is 13.2 Å². The van der Waals surface area contributed by atoms with Gasteiger partial charge in [0.2, 0.25) is 5.43 Å². The van der Waals surface area contributed by atoms with Crippen molar-refractivity contribution in [3.05, 3.63) is 62.0 Å². The number of carbonyl (C=O) groups is 2. The first-order valence-corrected chi connectivity index (χ1v) is 11.2. The molecule has 3 N–H and O–H groups in total. The third-order valence-electron chi connectivity index (χ3n) is 5.67. The molecule has 8 nitrogen and oxygen atoms in total. The van der Waals surface area contributed by atoms with Crippen LogP contribution in [0.1, 0.15) is 53.1 Å². The van der Waals surface area contributed by atoms with Crippen molar-refractivity contribution in [1.29, 1.82) is 0 Å². The zero-order valence-corrected chi connectivity index (χ0v) is 19.5. The maximum absolute atomic E-state index is 14.1. The third kappa shape index (κ3) is 5.07. The van der Waals surface area contributed by atoms with E-state index in [-0.39, 0.29) is 49.5 Å². The number of hydrogen-bond acceptors (Lipinski definition) is 5. The van der Waals surface area contributed by atoms with Gasteiger partial charge in [0.15, 0.2) is 11.4 Å². The molecule has 0 saturated heterocycles. The summed E-state index contributed by atoms with van der Waals surface area (Å²) < 4.78 is 28.8. The van der Waals surface area contributed by atoms with Crippen LogP contribution in [0.2, 0.25) is 5.02 Å². The van der Waals surface area contributed by atoms with Gasteiger partial charge in [-0.05, 0) is 24.8 Å². The second-order valence-corrected chi connectivity index (χ2v) is 8.98. The molecule has 1 aliphatic heterocycles. The molecule has 0 spiro atoms. The van der Waals surface area contributed by atoms with Crippen molar-refractivity contribution in [3.63, 3.8) is 0 Å². The monoisotopic (exact) mass is 497 g/mol. The van der Waals surface area contributed by atoms with Gasteiger partial charge in [-0.15, -0.1) is 0 Å². The van der Waals surface area contributed by atoms with Crippen molar-refractivity contribution in [1.82, 2.24) is 14.8 Å². The predicted molar refractivity (Wildman–Crippen MR) is 121 cm³/mol. The minimum absolute atomic E-state index is 0.0891. The van der Waals surface area contributed by atoms with Gasteiger partial charge in [-0.2, -0.15) is 0 Å². The number of carbonyl (C=O) groups excluding carboxylic acids is 2. The Morgan fingerprint density at radius 3 is 2.65 bits per heavy atom. The number of hydrogen-bond donors (Lipinski definition) is 3. The van der Waals surface area contributed by atoms with Crippen LogP contribution in [0.5, 0.6) is 5.75 Å². The van der Waals surface area contributed by atoms with Gasteiger partial charge in [0.25, 0.3) is 11.8 Å². The summed E-state index contributed by atoms with van der Waals surface area (Å²) >= 11 is 5.55. The van der Waals surface area contributed by atoms with Crippen molar-refractivity contribution in [3.8, 4) is 5.75 Å². The van der Waals surface area contributed by atoms with Gasteiger partial charge >= 0.3 is 0 Å². The summed E-state index contributed by atoms with van der Waals surface area (Å²) in [6.07, 6.45) is 2.18. The summed E-state index contributed by atoms with van der Waals surface area (Å²) in [5.41, 5.74) is -1.78. The molecule has 0 aliphatic carbocycles. The lowest BCUT2D eigenvalue weighted by molar-refractivity contribution is 0.0537. The topological polar surface area (TPSA) is 112 Å². The minimum Gasteiger partial charge on any atom is -0.503 e. The predicted octanol–water partition coefficient (Wildman–Crippen LogP) is 2.67. The van der Waals surface area contributed by atoms with Crippen LogP contribution >= 0.6 is 11.6 Å². The SMILES string of the molecule is CC(C)C[C@H]1Cn2cc(C(=O)NCc3ccc(F)c(Cl)c3F)c(=O)c(O)c2C(=O)N1CCCO. The number of aromatic nitrogens is 1. The molecule has 0 bridgehead atoms.